The van der Waals surface area contributed by atoms with Crippen LogP contribution in [0.4, 0.5) is 37.7 Å². The summed E-state index contributed by atoms with van der Waals surface area (Å²) in [5.41, 5.74) is -11.7. The predicted octanol–water partition coefficient (Wildman–Crippen LogP) is 4.79. The molecule has 2 rings (SSSR count). The van der Waals surface area contributed by atoms with Crippen LogP contribution in [-0.4, -0.2) is 34.1 Å². The molecule has 0 unspecified atom stereocenters. The van der Waals surface area contributed by atoms with Crippen molar-refractivity contribution in [1.82, 2.24) is 0 Å². The Morgan fingerprint density at radius 3 is 1.29 bits per heavy atom. The standard InChI is InChI=1S/C18H18F6N2O6S2/c1-2-3-16(31-14-8-4-12(5-9-14)25-33(27,28)17(19,20)21)32-15-10-6-13(7-11-15)26-34(29,30)18(22,23)24/h4-11,16,25-26H,2-3H2,1H3. The van der Waals surface area contributed by atoms with Crippen molar-refractivity contribution in [3.8, 4) is 11.5 Å². The summed E-state index contributed by atoms with van der Waals surface area (Å²) >= 11 is 0. The number of halogens is 6. The number of nitrogens with one attached hydrogen (secondary N) is 2. The Labute approximate surface area is 191 Å². The van der Waals surface area contributed by atoms with Crippen LogP contribution in [-0.2, 0) is 20.0 Å². The molecule has 34 heavy (non-hydrogen) atoms. The topological polar surface area (TPSA) is 111 Å². The average Bonchev–Trinajstić information content (AvgIpc) is 2.69. The lowest BCUT2D eigenvalue weighted by Gasteiger charge is -2.20. The predicted molar refractivity (Wildman–Crippen MR) is 110 cm³/mol. The number of hydrogen-bond acceptors (Lipinski definition) is 6. The SMILES string of the molecule is CCCC(Oc1ccc(NS(=O)(=O)C(F)(F)F)cc1)Oc1ccc(NS(=O)(=O)C(F)(F)F)cc1. The first-order valence-corrected chi connectivity index (χ1v) is 12.2. The zero-order chi connectivity index (χ0) is 25.8. The smallest absolute Gasteiger partial charge is 0.455 e. The third-order valence-corrected chi connectivity index (χ3v) is 6.11. The van der Waals surface area contributed by atoms with Crippen LogP contribution in [0.25, 0.3) is 0 Å². The van der Waals surface area contributed by atoms with Crippen molar-refractivity contribution in [3.63, 3.8) is 0 Å². The normalized spacial score (nSPS) is 12.9. The zero-order valence-corrected chi connectivity index (χ0v) is 18.8. The third kappa shape index (κ3) is 7.31. The van der Waals surface area contributed by atoms with Crippen LogP contribution < -0.4 is 18.9 Å². The van der Waals surface area contributed by atoms with E-state index in [0.717, 1.165) is 24.3 Å². The van der Waals surface area contributed by atoms with E-state index in [-0.39, 0.29) is 22.9 Å². The molecule has 0 saturated carbocycles. The Balaban J connectivity index is 2.06. The fourth-order valence-electron chi connectivity index (χ4n) is 2.31. The maximum Gasteiger partial charge on any atom is 0.516 e. The largest absolute Gasteiger partial charge is 0.516 e. The fourth-order valence-corrected chi connectivity index (χ4v) is 3.43. The lowest BCUT2D eigenvalue weighted by molar-refractivity contribution is -0.0435. The Bertz CT molecular complexity index is 1070. The lowest BCUT2D eigenvalue weighted by atomic mass is 10.3. The van der Waals surface area contributed by atoms with Gasteiger partial charge in [0.05, 0.1) is 0 Å². The quantitative estimate of drug-likeness (QED) is 0.334. The first-order valence-electron chi connectivity index (χ1n) is 9.25. The molecular weight excluding hydrogens is 518 g/mol. The number of anilines is 2. The molecule has 190 valence electrons. The molecule has 0 saturated heterocycles. The second-order valence-corrected chi connectivity index (χ2v) is 9.95. The van der Waals surface area contributed by atoms with E-state index in [1.807, 2.05) is 0 Å². The molecule has 2 aromatic rings. The van der Waals surface area contributed by atoms with Gasteiger partial charge in [-0.25, -0.2) is 0 Å². The summed E-state index contributed by atoms with van der Waals surface area (Å²) in [5.74, 6) is 0.255. The van der Waals surface area contributed by atoms with E-state index in [1.54, 1.807) is 6.92 Å². The zero-order valence-electron chi connectivity index (χ0n) is 17.1. The van der Waals surface area contributed by atoms with Gasteiger partial charge in [0.25, 0.3) is 0 Å². The summed E-state index contributed by atoms with van der Waals surface area (Å²) in [6, 6.07) is 8.99. The van der Waals surface area contributed by atoms with E-state index in [0.29, 0.717) is 12.8 Å². The molecule has 0 amide bonds. The van der Waals surface area contributed by atoms with Gasteiger partial charge < -0.3 is 9.47 Å². The molecule has 0 aliphatic rings. The van der Waals surface area contributed by atoms with Gasteiger partial charge in [-0.2, -0.15) is 43.2 Å². The number of rotatable bonds is 10. The van der Waals surface area contributed by atoms with Crippen LogP contribution in [0.15, 0.2) is 48.5 Å². The number of benzene rings is 2. The number of ether oxygens (including phenoxy) is 2. The van der Waals surface area contributed by atoms with E-state index in [4.69, 9.17) is 9.47 Å². The maximum absolute atomic E-state index is 12.4. The van der Waals surface area contributed by atoms with Crippen molar-refractivity contribution in [2.24, 2.45) is 0 Å². The van der Waals surface area contributed by atoms with Crippen molar-refractivity contribution < 1.29 is 52.7 Å². The summed E-state index contributed by atoms with van der Waals surface area (Å²) in [6.45, 7) is 1.80. The molecule has 0 aromatic heterocycles. The molecule has 0 bridgehead atoms. The van der Waals surface area contributed by atoms with Crippen LogP contribution in [0.2, 0.25) is 0 Å². The van der Waals surface area contributed by atoms with Gasteiger partial charge in [-0.05, 0) is 55.0 Å². The van der Waals surface area contributed by atoms with Crippen LogP contribution in [0.1, 0.15) is 19.8 Å². The van der Waals surface area contributed by atoms with Gasteiger partial charge in [0.15, 0.2) is 0 Å². The molecule has 0 aliphatic carbocycles. The summed E-state index contributed by atoms with van der Waals surface area (Å²) in [6.07, 6.45) is -0.0388. The highest BCUT2D eigenvalue weighted by molar-refractivity contribution is 7.93. The Morgan fingerprint density at radius 2 is 1.03 bits per heavy atom. The second-order valence-electron chi connectivity index (χ2n) is 6.61. The van der Waals surface area contributed by atoms with Crippen molar-refractivity contribution >= 4 is 31.4 Å². The monoisotopic (exact) mass is 536 g/mol. The second kappa shape index (κ2) is 10.2. The Hall–Kier alpha value is -2.88. The molecule has 0 atom stereocenters. The van der Waals surface area contributed by atoms with Crippen LogP contribution >= 0.6 is 0 Å². The highest BCUT2D eigenvalue weighted by Gasteiger charge is 2.46. The molecular formula is C18H18F6N2O6S2. The van der Waals surface area contributed by atoms with Crippen molar-refractivity contribution in [1.29, 1.82) is 0 Å². The molecule has 0 fully saturated rings. The minimum Gasteiger partial charge on any atom is -0.455 e. The van der Waals surface area contributed by atoms with Gasteiger partial charge >= 0.3 is 31.1 Å². The minimum absolute atomic E-state index is 0.128. The maximum atomic E-state index is 12.4. The fraction of sp³-hybridized carbons (Fsp3) is 0.333. The molecule has 0 radical (unpaired) electrons. The highest BCUT2D eigenvalue weighted by Crippen LogP contribution is 2.28. The van der Waals surface area contributed by atoms with Crippen molar-refractivity contribution in [2.45, 2.75) is 37.1 Å². The van der Waals surface area contributed by atoms with E-state index < -0.39 is 37.4 Å². The molecule has 2 aromatic carbocycles. The van der Waals surface area contributed by atoms with Gasteiger partial charge in [-0.1, -0.05) is 6.92 Å². The summed E-state index contributed by atoms with van der Waals surface area (Å²) in [7, 11) is -11.2. The highest BCUT2D eigenvalue weighted by atomic mass is 32.2. The molecule has 0 spiro atoms. The van der Waals surface area contributed by atoms with Gasteiger partial charge in [0.1, 0.15) is 11.5 Å². The van der Waals surface area contributed by atoms with Gasteiger partial charge in [-0.3, -0.25) is 9.44 Å². The van der Waals surface area contributed by atoms with E-state index in [1.165, 1.54) is 33.7 Å². The third-order valence-electron chi connectivity index (χ3n) is 3.88. The van der Waals surface area contributed by atoms with Crippen LogP contribution in [0, 0.1) is 0 Å². The first kappa shape index (κ1) is 27.4. The van der Waals surface area contributed by atoms with E-state index >= 15 is 0 Å². The molecule has 2 N–H and O–H groups in total. The number of sulfonamides is 2. The van der Waals surface area contributed by atoms with Crippen LogP contribution in [0.3, 0.4) is 0 Å². The Morgan fingerprint density at radius 1 is 0.706 bits per heavy atom. The molecule has 0 aliphatic heterocycles. The molecule has 0 heterocycles. The van der Waals surface area contributed by atoms with E-state index in [9.17, 15) is 43.2 Å². The average molecular weight is 536 g/mol. The van der Waals surface area contributed by atoms with Gasteiger partial charge in [0.2, 0.25) is 6.29 Å². The first-order chi connectivity index (χ1) is 15.5. The summed E-state index contributed by atoms with van der Waals surface area (Å²) in [5, 5.41) is 0. The summed E-state index contributed by atoms with van der Waals surface area (Å²) < 4.78 is 133. The van der Waals surface area contributed by atoms with Crippen LogP contribution in [0.5, 0.6) is 11.5 Å². The van der Waals surface area contributed by atoms with Gasteiger partial charge in [-0.15, -0.1) is 0 Å². The van der Waals surface area contributed by atoms with Crippen molar-refractivity contribution in [2.75, 3.05) is 9.44 Å². The molecule has 16 heteroatoms. The Kier molecular flexibility index (Phi) is 8.18. The minimum atomic E-state index is -5.58. The lowest BCUT2D eigenvalue weighted by Crippen LogP contribution is -2.30. The number of hydrogen-bond donors (Lipinski definition) is 2. The summed E-state index contributed by atoms with van der Waals surface area (Å²) in [4.78, 5) is 0. The van der Waals surface area contributed by atoms with E-state index in [2.05, 4.69) is 0 Å². The molecule has 8 nitrogen and oxygen atoms in total. The van der Waals surface area contributed by atoms with Gasteiger partial charge in [0, 0.05) is 17.8 Å². The van der Waals surface area contributed by atoms with Crippen molar-refractivity contribution in [3.05, 3.63) is 48.5 Å². The number of alkyl halides is 6.